The van der Waals surface area contributed by atoms with Gasteiger partial charge in [0.25, 0.3) is 11.4 Å². The zero-order valence-electron chi connectivity index (χ0n) is 25.3. The van der Waals surface area contributed by atoms with E-state index in [1.165, 1.54) is 13.1 Å². The van der Waals surface area contributed by atoms with Crippen LogP contribution in [0.15, 0.2) is 24.4 Å². The number of nitrogens with zero attached hydrogens (tertiary/aromatic N) is 6. The molecule has 258 valence electrons. The van der Waals surface area contributed by atoms with Crippen LogP contribution in [0.5, 0.6) is 0 Å². The van der Waals surface area contributed by atoms with E-state index in [4.69, 9.17) is 14.6 Å². The average Bonchev–Trinajstić information content (AvgIpc) is 3.46. The van der Waals surface area contributed by atoms with Crippen molar-refractivity contribution in [1.29, 1.82) is 0 Å². The number of nitrogens with one attached hydrogen (secondary N) is 2. The lowest BCUT2D eigenvalue weighted by atomic mass is 10.1. The first-order valence-corrected chi connectivity index (χ1v) is 14.2. The number of hydrogen-bond donors (Lipinski definition) is 5. The summed E-state index contributed by atoms with van der Waals surface area (Å²) < 4.78 is 12.5. The number of aromatic nitrogens is 3. The quantitative estimate of drug-likeness (QED) is 0.0633. The van der Waals surface area contributed by atoms with Crippen molar-refractivity contribution < 1.29 is 53.8 Å². The molecule has 2 aromatic rings. The van der Waals surface area contributed by atoms with Gasteiger partial charge in [0, 0.05) is 32.6 Å². The van der Waals surface area contributed by atoms with Gasteiger partial charge in [0.05, 0.1) is 48.5 Å². The van der Waals surface area contributed by atoms with Crippen molar-refractivity contribution in [3.8, 4) is 0 Å². The molecule has 1 aromatic carbocycles. The highest BCUT2D eigenvalue weighted by molar-refractivity contribution is 5.86. The van der Waals surface area contributed by atoms with Gasteiger partial charge in [-0.05, 0) is 31.7 Å². The number of rotatable bonds is 23. The summed E-state index contributed by atoms with van der Waals surface area (Å²) in [6.45, 7) is 1.37. The van der Waals surface area contributed by atoms with E-state index < -0.39 is 58.0 Å². The molecule has 21 nitrogen and oxygen atoms in total. The molecular formula is C26H36N8O13. The fraction of sp³-hybridized carbons (Fsp3) is 0.538. The van der Waals surface area contributed by atoms with Gasteiger partial charge >= 0.3 is 23.9 Å². The third-order valence-electron chi connectivity index (χ3n) is 6.59. The van der Waals surface area contributed by atoms with Gasteiger partial charge in [-0.1, -0.05) is 5.21 Å². The molecule has 0 fully saturated rings. The number of nitro benzene ring substituents is 2. The van der Waals surface area contributed by atoms with Crippen LogP contribution >= 0.6 is 0 Å². The van der Waals surface area contributed by atoms with Crippen molar-refractivity contribution >= 4 is 41.0 Å². The smallest absolute Gasteiger partial charge is 0.326 e. The Hall–Kier alpha value is -5.44. The summed E-state index contributed by atoms with van der Waals surface area (Å²) in [6.07, 6.45) is 1.74. The lowest BCUT2D eigenvalue weighted by Crippen LogP contribution is -2.52. The Balaban J connectivity index is 1.66. The normalized spacial score (nSPS) is 12.1. The number of urea groups is 1. The van der Waals surface area contributed by atoms with Crippen LogP contribution in [-0.2, 0) is 37.0 Å². The second kappa shape index (κ2) is 19.2. The number of aliphatic carboxylic acids is 3. The fourth-order valence-corrected chi connectivity index (χ4v) is 4.11. The summed E-state index contributed by atoms with van der Waals surface area (Å²) >= 11 is 0. The monoisotopic (exact) mass is 668 g/mol. The number of benzene rings is 1. The summed E-state index contributed by atoms with van der Waals surface area (Å²) in [6, 6.07) is -0.389. The third-order valence-corrected chi connectivity index (χ3v) is 6.59. The highest BCUT2D eigenvalue weighted by Crippen LogP contribution is 2.28. The Morgan fingerprint density at radius 1 is 1.00 bits per heavy atom. The molecule has 2 atom stereocenters. The minimum atomic E-state index is -1.49. The number of nitro groups is 2. The number of likely N-dealkylation sites (N-methyl/N-ethyl adjacent to an activating group) is 1. The Kier molecular flexibility index (Phi) is 15.4. The van der Waals surface area contributed by atoms with Crippen LogP contribution in [0.2, 0.25) is 0 Å². The van der Waals surface area contributed by atoms with Crippen LogP contribution in [0.3, 0.4) is 0 Å². The van der Waals surface area contributed by atoms with Crippen LogP contribution in [0, 0.1) is 20.2 Å². The molecule has 0 spiro atoms. The SMILES string of the molecule is CN(C(=O)NC(CCC(=O)O)C(=O)O)[C@@H](CCCCn1cc(COCCOCCNc2ccc([N+](=O)[O-])cc2[N+](=O)[O-])nn1)C(=O)O. The first-order chi connectivity index (χ1) is 22.3. The van der Waals surface area contributed by atoms with Gasteiger partial charge in [-0.25, -0.2) is 14.4 Å². The van der Waals surface area contributed by atoms with Crippen LogP contribution in [0.1, 0.15) is 37.8 Å². The van der Waals surface area contributed by atoms with Gasteiger partial charge < -0.3 is 40.3 Å². The van der Waals surface area contributed by atoms with Crippen molar-refractivity contribution in [2.45, 2.75) is 57.3 Å². The molecule has 21 heteroatoms. The van der Waals surface area contributed by atoms with E-state index in [0.717, 1.165) is 17.0 Å². The largest absolute Gasteiger partial charge is 0.481 e. The lowest BCUT2D eigenvalue weighted by molar-refractivity contribution is -0.393. The van der Waals surface area contributed by atoms with Gasteiger partial charge in [-0.3, -0.25) is 29.7 Å². The number of hydrogen-bond acceptors (Lipinski definition) is 13. The average molecular weight is 669 g/mol. The molecule has 0 aliphatic heterocycles. The molecule has 0 radical (unpaired) electrons. The standard InChI is InChI=1S/C26H36N8O13/c1-31(26(41)28-20(24(37)38)7-8-23(35)36)21(25(39)40)4-2-3-10-32-15-17(29-30-32)16-47-13-12-46-11-9-27-19-6-5-18(33(42)43)14-22(19)34(44)45/h5-6,14-15,20-21,27H,2-4,7-13,16H2,1H3,(H,28,41)(H,35,36)(H,37,38)(H,39,40)/t20?,21-/m0/s1. The second-order valence-corrected chi connectivity index (χ2v) is 10.0. The minimum absolute atomic E-state index is 0.0665. The number of ether oxygens (including phenoxy) is 2. The van der Waals surface area contributed by atoms with E-state index in [2.05, 4.69) is 20.9 Å². The Morgan fingerprint density at radius 2 is 1.72 bits per heavy atom. The van der Waals surface area contributed by atoms with E-state index in [1.807, 2.05) is 0 Å². The summed E-state index contributed by atoms with van der Waals surface area (Å²) in [5.41, 5.74) is -0.146. The third kappa shape index (κ3) is 13.2. The van der Waals surface area contributed by atoms with Crippen LogP contribution in [0.4, 0.5) is 21.9 Å². The van der Waals surface area contributed by atoms with Crippen molar-refractivity contribution in [1.82, 2.24) is 25.2 Å². The Morgan fingerprint density at radius 3 is 2.36 bits per heavy atom. The van der Waals surface area contributed by atoms with E-state index in [0.29, 0.717) is 25.1 Å². The predicted octanol–water partition coefficient (Wildman–Crippen LogP) is 1.32. The highest BCUT2D eigenvalue weighted by Gasteiger charge is 2.29. The fourth-order valence-electron chi connectivity index (χ4n) is 4.11. The molecule has 0 bridgehead atoms. The van der Waals surface area contributed by atoms with Crippen molar-refractivity contribution in [2.24, 2.45) is 0 Å². The number of carboxylic acid groups (broad SMARTS) is 3. The van der Waals surface area contributed by atoms with E-state index >= 15 is 0 Å². The Labute approximate surface area is 266 Å². The lowest BCUT2D eigenvalue weighted by Gasteiger charge is -2.26. The molecule has 0 aliphatic rings. The molecule has 47 heavy (non-hydrogen) atoms. The van der Waals surface area contributed by atoms with Crippen LogP contribution in [-0.4, -0.2) is 114 Å². The molecule has 1 aromatic heterocycles. The van der Waals surface area contributed by atoms with Crippen molar-refractivity contribution in [3.05, 3.63) is 50.3 Å². The first-order valence-electron chi connectivity index (χ1n) is 14.2. The van der Waals surface area contributed by atoms with Gasteiger partial charge in [-0.2, -0.15) is 0 Å². The number of carboxylic acids is 3. The maximum Gasteiger partial charge on any atom is 0.326 e. The number of carbonyl (C=O) groups is 4. The van der Waals surface area contributed by atoms with Crippen LogP contribution in [0.25, 0.3) is 0 Å². The molecule has 1 unspecified atom stereocenters. The minimum Gasteiger partial charge on any atom is -0.481 e. The topological polar surface area (TPSA) is 292 Å². The number of carbonyl (C=O) groups excluding carboxylic acids is 1. The molecule has 2 rings (SSSR count). The highest BCUT2D eigenvalue weighted by atomic mass is 16.6. The Bertz CT molecular complexity index is 1400. The maximum atomic E-state index is 12.4. The molecule has 0 saturated heterocycles. The van der Waals surface area contributed by atoms with Gasteiger partial charge in [-0.15, -0.1) is 5.10 Å². The zero-order chi connectivity index (χ0) is 34.9. The molecule has 2 amide bonds. The molecule has 1 heterocycles. The number of anilines is 1. The van der Waals surface area contributed by atoms with E-state index in [1.54, 1.807) is 10.9 Å². The molecule has 5 N–H and O–H groups in total. The van der Waals surface area contributed by atoms with Crippen LogP contribution < -0.4 is 10.6 Å². The zero-order valence-corrected chi connectivity index (χ0v) is 25.3. The van der Waals surface area contributed by atoms with Gasteiger partial charge in [0.2, 0.25) is 0 Å². The number of aryl methyl sites for hydroxylation is 1. The van der Waals surface area contributed by atoms with Crippen molar-refractivity contribution in [2.75, 3.05) is 38.7 Å². The molecule has 0 aliphatic carbocycles. The van der Waals surface area contributed by atoms with E-state index in [-0.39, 0.29) is 57.2 Å². The van der Waals surface area contributed by atoms with E-state index in [9.17, 15) is 49.6 Å². The van der Waals surface area contributed by atoms with Gasteiger partial charge in [0.1, 0.15) is 23.5 Å². The summed E-state index contributed by atoms with van der Waals surface area (Å²) in [7, 11) is 1.21. The van der Waals surface area contributed by atoms with Gasteiger partial charge in [0.15, 0.2) is 0 Å². The number of amides is 2. The molecule has 0 saturated carbocycles. The number of non-ortho nitro benzene ring substituents is 1. The predicted molar refractivity (Wildman–Crippen MR) is 159 cm³/mol. The second-order valence-electron chi connectivity index (χ2n) is 10.0. The first kappa shape index (κ1) is 37.7. The summed E-state index contributed by atoms with van der Waals surface area (Å²) in [5.74, 6) is -3.95. The maximum absolute atomic E-state index is 12.4. The summed E-state index contributed by atoms with van der Waals surface area (Å²) in [5, 5.41) is 62.5. The van der Waals surface area contributed by atoms with Crippen molar-refractivity contribution in [3.63, 3.8) is 0 Å². The molecular weight excluding hydrogens is 632 g/mol. The summed E-state index contributed by atoms with van der Waals surface area (Å²) in [4.78, 5) is 67.7. The number of unbranched alkanes of at least 4 members (excludes halogenated alkanes) is 1.